The molecule has 2 atom stereocenters. The summed E-state index contributed by atoms with van der Waals surface area (Å²) in [5.41, 5.74) is 5.36. The molecule has 0 rings (SSSR count). The Hall–Kier alpha value is -4.63. The third-order valence-electron chi connectivity index (χ3n) is 10.6. The normalized spacial score (nSPS) is 14.4. The monoisotopic (exact) mass is 1030 g/mol. The summed E-state index contributed by atoms with van der Waals surface area (Å²) in [6.07, 6.45) is 84.2. The molecule has 0 aliphatic heterocycles. The fourth-order valence-electron chi connectivity index (χ4n) is 6.53. The molecule has 0 fully saturated rings. The van der Waals surface area contributed by atoms with Gasteiger partial charge in [-0.1, -0.05) is 210 Å². The number of esters is 2. The van der Waals surface area contributed by atoms with E-state index >= 15 is 0 Å². The number of unbranched alkanes of at least 4 members (excludes halogenated alkanes) is 8. The first kappa shape index (κ1) is 68.4. The van der Waals surface area contributed by atoms with E-state index in [-0.39, 0.29) is 32.6 Å². The lowest BCUT2D eigenvalue weighted by atomic mass is 10.1. The highest BCUT2D eigenvalue weighted by Gasteiger charge is 2.26. The lowest BCUT2D eigenvalue weighted by Gasteiger charge is -2.19. The van der Waals surface area contributed by atoms with Gasteiger partial charge >= 0.3 is 19.8 Å². The molecular weight excluding hydrogens is 930 g/mol. The lowest BCUT2D eigenvalue weighted by molar-refractivity contribution is -0.161. The van der Waals surface area contributed by atoms with Gasteiger partial charge in [0.2, 0.25) is 0 Å². The summed E-state index contributed by atoms with van der Waals surface area (Å²) >= 11 is 0. The molecule has 0 bridgehead atoms. The SMILES string of the molecule is CC/C=C\C/C=C\C/C=C\C/C=C\C/C=C\C/C=C\C/C=C\C/C=C\C/C=C\C/C=C\C/C=C\C/C=C\CCCCC(=O)OC(COC(=O)CCCCCCC/C=C\C/C=C\CCC)COP(=O)(O)OCCN. The van der Waals surface area contributed by atoms with Crippen molar-refractivity contribution in [3.63, 3.8) is 0 Å². The first-order valence-corrected chi connectivity index (χ1v) is 29.1. The van der Waals surface area contributed by atoms with E-state index in [0.717, 1.165) is 135 Å². The molecule has 9 nitrogen and oxygen atoms in total. The van der Waals surface area contributed by atoms with Crippen molar-refractivity contribution in [3.8, 4) is 0 Å². The number of nitrogens with two attached hydrogens (primary N) is 1. The second-order valence-corrected chi connectivity index (χ2v) is 18.8. The molecule has 2 unspecified atom stereocenters. The summed E-state index contributed by atoms with van der Waals surface area (Å²) in [7, 11) is -4.41. The highest BCUT2D eigenvalue weighted by molar-refractivity contribution is 7.47. The molecule has 3 N–H and O–H groups in total. The number of rotatable bonds is 49. The third kappa shape index (κ3) is 56.5. The number of carbonyl (C=O) groups excluding carboxylic acids is 2. The van der Waals surface area contributed by atoms with Gasteiger partial charge in [0.1, 0.15) is 6.61 Å². The fraction of sp³-hybridized carbons (Fsp3) is 0.524. The molecule has 73 heavy (non-hydrogen) atoms. The van der Waals surface area contributed by atoms with Crippen molar-refractivity contribution in [1.29, 1.82) is 0 Å². The molecule has 0 aromatic heterocycles. The van der Waals surface area contributed by atoms with Crippen LogP contribution in [-0.4, -0.2) is 49.3 Å². The summed E-state index contributed by atoms with van der Waals surface area (Å²) in [5.74, 6) is -0.913. The Morgan fingerprint density at radius 1 is 0.425 bits per heavy atom. The van der Waals surface area contributed by atoms with E-state index in [9.17, 15) is 19.0 Å². The Labute approximate surface area is 444 Å². The van der Waals surface area contributed by atoms with Crippen LogP contribution in [0.1, 0.15) is 181 Å². The largest absolute Gasteiger partial charge is 0.472 e. The van der Waals surface area contributed by atoms with Crippen LogP contribution in [0.5, 0.6) is 0 Å². The minimum atomic E-state index is -4.41. The van der Waals surface area contributed by atoms with Crippen LogP contribution in [0.4, 0.5) is 0 Å². The number of carbonyl (C=O) groups is 2. The van der Waals surface area contributed by atoms with Gasteiger partial charge in [-0.05, 0) is 128 Å². The predicted octanol–water partition coefficient (Wildman–Crippen LogP) is 17.5. The van der Waals surface area contributed by atoms with Crippen LogP contribution in [0.15, 0.2) is 170 Å². The number of hydrogen-bond donors (Lipinski definition) is 2. The quantitative estimate of drug-likeness (QED) is 0.0264. The Kier molecular flexibility index (Phi) is 53.1. The van der Waals surface area contributed by atoms with E-state index in [2.05, 4.69) is 184 Å². The van der Waals surface area contributed by atoms with E-state index in [1.807, 2.05) is 0 Å². The number of allylic oxidation sites excluding steroid dienone is 28. The smallest absolute Gasteiger partial charge is 0.462 e. The molecule has 0 aliphatic carbocycles. The maximum absolute atomic E-state index is 12.6. The summed E-state index contributed by atoms with van der Waals surface area (Å²) in [4.78, 5) is 35.0. The summed E-state index contributed by atoms with van der Waals surface area (Å²) in [6, 6.07) is 0. The lowest BCUT2D eigenvalue weighted by Crippen LogP contribution is -2.29. The summed E-state index contributed by atoms with van der Waals surface area (Å²) < 4.78 is 32.8. The van der Waals surface area contributed by atoms with Gasteiger partial charge in [-0.2, -0.15) is 0 Å². The maximum Gasteiger partial charge on any atom is 0.472 e. The highest BCUT2D eigenvalue weighted by Crippen LogP contribution is 2.43. The zero-order valence-corrected chi connectivity index (χ0v) is 46.2. The molecule has 0 heterocycles. The molecule has 0 aromatic carbocycles. The van der Waals surface area contributed by atoms with Gasteiger partial charge in [-0.15, -0.1) is 0 Å². The summed E-state index contributed by atoms with van der Waals surface area (Å²) in [5, 5.41) is 0. The van der Waals surface area contributed by atoms with Crippen LogP contribution in [0.25, 0.3) is 0 Å². The first-order valence-electron chi connectivity index (χ1n) is 27.6. The first-order chi connectivity index (χ1) is 35.8. The zero-order valence-electron chi connectivity index (χ0n) is 45.3. The molecular formula is C63H98NO8P. The molecule has 0 saturated carbocycles. The molecule has 0 aromatic rings. The van der Waals surface area contributed by atoms with E-state index in [1.165, 1.54) is 6.42 Å². The van der Waals surface area contributed by atoms with E-state index in [1.54, 1.807) is 0 Å². The molecule has 0 amide bonds. The number of ether oxygens (including phenoxy) is 2. The average Bonchev–Trinajstić information content (AvgIpc) is 3.38. The Balaban J connectivity index is 4.12. The third-order valence-corrected chi connectivity index (χ3v) is 11.6. The molecule has 0 spiro atoms. The van der Waals surface area contributed by atoms with Crippen molar-refractivity contribution in [3.05, 3.63) is 170 Å². The van der Waals surface area contributed by atoms with Crippen molar-refractivity contribution in [2.24, 2.45) is 5.73 Å². The molecule has 10 heteroatoms. The standard InChI is InChI=1S/C63H98NO8P/c1-3-5-7-9-11-13-15-17-18-19-20-21-22-23-24-25-26-27-28-29-30-31-32-33-34-35-36-37-38-39-40-41-42-44-46-48-50-52-54-56-63(66)72-61(60-71-73(67,68)70-58-57-64)59-69-62(65)55-53-51-49-47-45-43-16-14-12-10-8-6-4-2/h5,7-8,10-11,13-14,16-18,20-21,23-24,26-27,29-30,32-33,35-36,38-39,41-42,46,48,61H,3-4,6,9,12,15,19,22,25,28,31,34,37,40,43-45,47,49-60,64H2,1-2H3,(H,67,68)/b7-5-,10-8-,13-11-,16-14-,18-17-,21-20-,24-23-,27-26-,30-29-,33-32-,36-35-,39-38-,42-41-,48-46-. The van der Waals surface area contributed by atoms with Gasteiger partial charge in [0.15, 0.2) is 6.10 Å². The van der Waals surface area contributed by atoms with Crippen LogP contribution in [0, 0.1) is 0 Å². The van der Waals surface area contributed by atoms with Gasteiger partial charge in [-0.25, -0.2) is 4.57 Å². The Morgan fingerprint density at radius 2 is 0.753 bits per heavy atom. The predicted molar refractivity (Wildman–Crippen MR) is 311 cm³/mol. The number of phosphoric ester groups is 1. The van der Waals surface area contributed by atoms with Crippen molar-refractivity contribution in [1.82, 2.24) is 0 Å². The molecule has 0 aliphatic rings. The van der Waals surface area contributed by atoms with Crippen LogP contribution < -0.4 is 5.73 Å². The Morgan fingerprint density at radius 3 is 1.15 bits per heavy atom. The van der Waals surface area contributed by atoms with E-state index < -0.39 is 32.5 Å². The van der Waals surface area contributed by atoms with Crippen molar-refractivity contribution < 1.29 is 37.6 Å². The van der Waals surface area contributed by atoms with E-state index in [4.69, 9.17) is 24.3 Å². The van der Waals surface area contributed by atoms with Crippen molar-refractivity contribution >= 4 is 19.8 Å². The summed E-state index contributed by atoms with van der Waals surface area (Å²) in [6.45, 7) is 3.45. The second kappa shape index (κ2) is 56.7. The highest BCUT2D eigenvalue weighted by atomic mass is 31.2. The zero-order chi connectivity index (χ0) is 53.1. The topological polar surface area (TPSA) is 134 Å². The van der Waals surface area contributed by atoms with Gasteiger partial charge in [0.25, 0.3) is 0 Å². The second-order valence-electron chi connectivity index (χ2n) is 17.4. The van der Waals surface area contributed by atoms with Gasteiger partial charge < -0.3 is 20.1 Å². The van der Waals surface area contributed by atoms with Crippen LogP contribution >= 0.6 is 7.82 Å². The minimum Gasteiger partial charge on any atom is -0.462 e. The van der Waals surface area contributed by atoms with Gasteiger partial charge in [-0.3, -0.25) is 18.6 Å². The van der Waals surface area contributed by atoms with Crippen LogP contribution in [-0.2, 0) is 32.7 Å². The number of hydrogen-bond acceptors (Lipinski definition) is 8. The van der Waals surface area contributed by atoms with Gasteiger partial charge in [0, 0.05) is 19.4 Å². The molecule has 0 saturated heterocycles. The van der Waals surface area contributed by atoms with Crippen LogP contribution in [0.2, 0.25) is 0 Å². The average molecular weight is 1030 g/mol. The van der Waals surface area contributed by atoms with Gasteiger partial charge in [0.05, 0.1) is 13.2 Å². The molecule has 0 radical (unpaired) electrons. The fourth-order valence-corrected chi connectivity index (χ4v) is 7.30. The minimum absolute atomic E-state index is 0.0346. The Bertz CT molecular complexity index is 1790. The number of phosphoric acid groups is 1. The van der Waals surface area contributed by atoms with Crippen LogP contribution in [0.3, 0.4) is 0 Å². The molecule has 408 valence electrons. The maximum atomic E-state index is 12.6. The van der Waals surface area contributed by atoms with Crippen molar-refractivity contribution in [2.45, 2.75) is 187 Å². The van der Waals surface area contributed by atoms with Crippen molar-refractivity contribution in [2.75, 3.05) is 26.4 Å². The van der Waals surface area contributed by atoms with E-state index in [0.29, 0.717) is 12.8 Å².